The molecule has 1 fully saturated rings. The van der Waals surface area contributed by atoms with E-state index in [1.54, 1.807) is 17.9 Å². The molecule has 2 atom stereocenters. The Balaban J connectivity index is 1.72. The Morgan fingerprint density at radius 2 is 1.78 bits per heavy atom. The number of aryl methyl sites for hydroxylation is 1. The zero-order chi connectivity index (χ0) is 26.9. The fourth-order valence-corrected chi connectivity index (χ4v) is 5.26. The number of carbonyl (C=O) groups excluding carboxylic acids is 2. The van der Waals surface area contributed by atoms with Crippen molar-refractivity contribution in [3.63, 3.8) is 0 Å². The molecule has 0 spiro atoms. The van der Waals surface area contributed by atoms with Crippen LogP contribution in [0.2, 0.25) is 0 Å². The third-order valence-corrected chi connectivity index (χ3v) is 7.09. The van der Waals surface area contributed by atoms with Crippen molar-refractivity contribution < 1.29 is 23.8 Å². The lowest BCUT2D eigenvalue weighted by Crippen LogP contribution is -2.36. The lowest BCUT2D eigenvalue weighted by Gasteiger charge is -2.39. The van der Waals surface area contributed by atoms with Gasteiger partial charge in [0, 0.05) is 29.7 Å². The van der Waals surface area contributed by atoms with E-state index in [9.17, 15) is 9.59 Å². The van der Waals surface area contributed by atoms with E-state index in [-0.39, 0.29) is 12.0 Å². The van der Waals surface area contributed by atoms with Gasteiger partial charge in [-0.2, -0.15) is 0 Å². The number of hydrogen-bond donors (Lipinski definition) is 0. The van der Waals surface area contributed by atoms with Crippen molar-refractivity contribution in [2.45, 2.75) is 65.6 Å². The Bertz CT molecular complexity index is 1290. The first-order valence-corrected chi connectivity index (χ1v) is 12.9. The normalized spacial score (nSPS) is 18.6. The van der Waals surface area contributed by atoms with E-state index in [1.807, 2.05) is 64.1 Å². The Kier molecular flexibility index (Phi) is 7.64. The molecule has 7 nitrogen and oxygen atoms in total. The molecule has 3 aromatic rings. The molecule has 1 aliphatic heterocycles. The zero-order valence-electron chi connectivity index (χ0n) is 23.0. The third kappa shape index (κ3) is 5.67. The van der Waals surface area contributed by atoms with Crippen LogP contribution in [0.1, 0.15) is 73.6 Å². The van der Waals surface area contributed by atoms with E-state index >= 15 is 0 Å². The van der Waals surface area contributed by atoms with Crippen LogP contribution in [0.15, 0.2) is 42.6 Å². The second-order valence-electron chi connectivity index (χ2n) is 11.0. The highest BCUT2D eigenvalue weighted by Crippen LogP contribution is 2.39. The highest BCUT2D eigenvalue weighted by molar-refractivity contribution is 5.95. The number of fused-ring (bicyclic) bond motifs is 1. The van der Waals surface area contributed by atoms with Crippen LogP contribution in [-0.4, -0.2) is 47.9 Å². The summed E-state index contributed by atoms with van der Waals surface area (Å²) >= 11 is 0. The van der Waals surface area contributed by atoms with Gasteiger partial charge in [-0.3, -0.25) is 9.47 Å². The summed E-state index contributed by atoms with van der Waals surface area (Å²) in [7, 11) is 3.09. The van der Waals surface area contributed by atoms with E-state index in [0.29, 0.717) is 18.0 Å². The average Bonchev–Trinajstić information content (AvgIpc) is 3.31. The summed E-state index contributed by atoms with van der Waals surface area (Å²) in [6.07, 6.45) is 3.52. The summed E-state index contributed by atoms with van der Waals surface area (Å²) in [5.41, 5.74) is 3.98. The first kappa shape index (κ1) is 26.7. The quantitative estimate of drug-likeness (QED) is 0.368. The Morgan fingerprint density at radius 1 is 1.08 bits per heavy atom. The highest BCUT2D eigenvalue weighted by Gasteiger charge is 2.30. The van der Waals surface area contributed by atoms with Crippen molar-refractivity contribution in [3.05, 3.63) is 64.8 Å². The molecule has 7 heteroatoms. The van der Waals surface area contributed by atoms with Gasteiger partial charge in [-0.05, 0) is 88.4 Å². The predicted molar refractivity (Wildman–Crippen MR) is 144 cm³/mol. The first-order valence-electron chi connectivity index (χ1n) is 12.9. The molecule has 0 bridgehead atoms. The number of ether oxygens (including phenoxy) is 3. The maximum Gasteiger partial charge on any atom is 0.419 e. The van der Waals surface area contributed by atoms with E-state index in [4.69, 9.17) is 14.2 Å². The molecule has 2 heterocycles. The van der Waals surface area contributed by atoms with Crippen molar-refractivity contribution in [1.82, 2.24) is 9.47 Å². The average molecular weight is 507 g/mol. The lowest BCUT2D eigenvalue weighted by molar-refractivity contribution is 0.0542. The summed E-state index contributed by atoms with van der Waals surface area (Å²) in [5, 5.41) is 0.987. The number of carbonyl (C=O) groups is 2. The van der Waals surface area contributed by atoms with Crippen LogP contribution in [0.4, 0.5) is 4.79 Å². The van der Waals surface area contributed by atoms with Gasteiger partial charge in [0.15, 0.2) is 0 Å². The number of piperidine rings is 1. The van der Waals surface area contributed by atoms with Crippen LogP contribution in [-0.2, 0) is 16.0 Å². The summed E-state index contributed by atoms with van der Waals surface area (Å²) in [5.74, 6) is 1.07. The fourth-order valence-electron chi connectivity index (χ4n) is 5.26. The van der Waals surface area contributed by atoms with Gasteiger partial charge in [-0.1, -0.05) is 19.1 Å². The summed E-state index contributed by atoms with van der Waals surface area (Å²) in [4.78, 5) is 27.4. The number of hydrogen-bond acceptors (Lipinski definition) is 6. The predicted octanol–water partition coefficient (Wildman–Crippen LogP) is 6.50. The van der Waals surface area contributed by atoms with Crippen LogP contribution in [0.3, 0.4) is 0 Å². The molecule has 37 heavy (non-hydrogen) atoms. The maximum absolute atomic E-state index is 13.0. The maximum atomic E-state index is 13.0. The van der Waals surface area contributed by atoms with Gasteiger partial charge in [-0.25, -0.2) is 9.59 Å². The number of rotatable bonds is 5. The molecule has 0 amide bonds. The molecule has 0 unspecified atom stereocenters. The van der Waals surface area contributed by atoms with Crippen LogP contribution >= 0.6 is 0 Å². The van der Waals surface area contributed by atoms with Crippen LogP contribution in [0.25, 0.3) is 10.9 Å². The van der Waals surface area contributed by atoms with Crippen LogP contribution in [0.5, 0.6) is 5.75 Å². The Morgan fingerprint density at radius 3 is 2.41 bits per heavy atom. The first-order chi connectivity index (χ1) is 17.5. The van der Waals surface area contributed by atoms with Gasteiger partial charge in [-0.15, -0.1) is 0 Å². The standard InChI is InChI=1S/C30H38N2O5/c1-19-12-14-31(25(16-19)21-8-10-22(11-9-21)28(33)36-7)18-24-23-13-15-32(29(34)37-30(3,4)5)27(23)20(2)17-26(24)35-6/h8-11,13,15,17,19,25H,12,14,16,18H2,1-7H3/t19-,25+/m0/s1. The number of esters is 1. The van der Waals surface area contributed by atoms with Gasteiger partial charge in [0.25, 0.3) is 0 Å². The minimum absolute atomic E-state index is 0.199. The van der Waals surface area contributed by atoms with Gasteiger partial charge in [0.1, 0.15) is 11.4 Å². The van der Waals surface area contributed by atoms with Crippen molar-refractivity contribution in [3.8, 4) is 5.75 Å². The second-order valence-corrected chi connectivity index (χ2v) is 11.0. The molecule has 4 rings (SSSR count). The molecule has 198 valence electrons. The van der Waals surface area contributed by atoms with E-state index in [1.165, 1.54) is 12.7 Å². The van der Waals surface area contributed by atoms with Gasteiger partial charge in [0.2, 0.25) is 0 Å². The van der Waals surface area contributed by atoms with Gasteiger partial charge in [0.05, 0.1) is 25.3 Å². The number of nitrogens with zero attached hydrogens (tertiary/aromatic N) is 2. The monoisotopic (exact) mass is 506 g/mol. The van der Waals surface area contributed by atoms with Crippen LogP contribution in [0, 0.1) is 12.8 Å². The van der Waals surface area contributed by atoms with Crippen molar-refractivity contribution in [1.29, 1.82) is 0 Å². The Hall–Kier alpha value is -3.32. The molecule has 2 aromatic carbocycles. The SMILES string of the molecule is COC(=O)c1ccc([C@H]2C[C@@H](C)CCN2Cc2c(OC)cc(C)c3c2ccn3C(=O)OC(C)(C)C)cc1. The molecule has 1 aliphatic rings. The molecule has 0 radical (unpaired) electrons. The minimum Gasteiger partial charge on any atom is -0.496 e. The summed E-state index contributed by atoms with van der Waals surface area (Å²) in [6.45, 7) is 11.5. The molecule has 0 aliphatic carbocycles. The third-order valence-electron chi connectivity index (χ3n) is 7.09. The molecule has 1 saturated heterocycles. The second kappa shape index (κ2) is 10.6. The lowest BCUT2D eigenvalue weighted by atomic mass is 9.87. The molecule has 0 saturated carbocycles. The molecular weight excluding hydrogens is 468 g/mol. The largest absolute Gasteiger partial charge is 0.496 e. The Labute approximate surface area is 219 Å². The molecular formula is C30H38N2O5. The van der Waals surface area contributed by atoms with E-state index < -0.39 is 11.7 Å². The summed E-state index contributed by atoms with van der Waals surface area (Å²) in [6, 6.07) is 11.9. The van der Waals surface area contributed by atoms with Crippen LogP contribution < -0.4 is 4.74 Å². The van der Waals surface area contributed by atoms with Crippen molar-refractivity contribution >= 4 is 23.0 Å². The smallest absolute Gasteiger partial charge is 0.419 e. The summed E-state index contributed by atoms with van der Waals surface area (Å²) < 4.78 is 18.0. The number of benzene rings is 2. The molecule has 0 N–H and O–H groups in total. The minimum atomic E-state index is -0.585. The number of aromatic nitrogens is 1. The molecule has 1 aromatic heterocycles. The van der Waals surface area contributed by atoms with Crippen molar-refractivity contribution in [2.24, 2.45) is 5.92 Å². The van der Waals surface area contributed by atoms with Gasteiger partial charge >= 0.3 is 12.1 Å². The van der Waals surface area contributed by atoms with Gasteiger partial charge < -0.3 is 14.2 Å². The van der Waals surface area contributed by atoms with E-state index in [2.05, 4.69) is 11.8 Å². The number of methoxy groups -OCH3 is 2. The fraction of sp³-hybridized carbons (Fsp3) is 0.467. The van der Waals surface area contributed by atoms with E-state index in [0.717, 1.165) is 47.2 Å². The highest BCUT2D eigenvalue weighted by atomic mass is 16.6. The van der Waals surface area contributed by atoms with Crippen molar-refractivity contribution in [2.75, 3.05) is 20.8 Å². The zero-order valence-corrected chi connectivity index (χ0v) is 23.0. The topological polar surface area (TPSA) is 70.0 Å². The number of likely N-dealkylation sites (tertiary alicyclic amines) is 1.